The van der Waals surface area contributed by atoms with Crippen molar-refractivity contribution in [2.75, 3.05) is 7.11 Å². The lowest BCUT2D eigenvalue weighted by atomic mass is 9.99. The van der Waals surface area contributed by atoms with E-state index in [0.29, 0.717) is 27.8 Å². The first-order valence-corrected chi connectivity index (χ1v) is 10.5. The second-order valence-electron chi connectivity index (χ2n) is 6.70. The molecular formula is C23H19NO4S. The number of carbonyl (C=O) groups excluding carboxylic acids is 1. The topological polar surface area (TPSA) is 65.4 Å². The molecule has 0 aliphatic heterocycles. The van der Waals surface area contributed by atoms with Gasteiger partial charge in [-0.3, -0.25) is 4.79 Å². The number of methoxy groups -OCH3 is 1. The normalized spacial score (nSPS) is 11.5. The molecule has 0 atom stereocenters. The monoisotopic (exact) mass is 405 g/mol. The largest absolute Gasteiger partial charge is 0.496 e. The Kier molecular flexibility index (Phi) is 4.72. The van der Waals surface area contributed by atoms with Crippen molar-refractivity contribution in [3.8, 4) is 5.75 Å². The summed E-state index contributed by atoms with van der Waals surface area (Å²) < 4.78 is 32.8. The number of hydrogen-bond acceptors (Lipinski definition) is 4. The Morgan fingerprint density at radius 3 is 2.28 bits per heavy atom. The van der Waals surface area contributed by atoms with E-state index >= 15 is 0 Å². The van der Waals surface area contributed by atoms with Gasteiger partial charge in [0.05, 0.1) is 23.1 Å². The van der Waals surface area contributed by atoms with Crippen LogP contribution in [0.5, 0.6) is 5.75 Å². The van der Waals surface area contributed by atoms with Gasteiger partial charge in [0.2, 0.25) is 0 Å². The highest BCUT2D eigenvalue weighted by atomic mass is 32.2. The molecular weight excluding hydrogens is 386 g/mol. The number of aromatic nitrogens is 1. The van der Waals surface area contributed by atoms with Crippen molar-refractivity contribution in [2.45, 2.75) is 11.8 Å². The first-order chi connectivity index (χ1) is 13.9. The first kappa shape index (κ1) is 19.0. The Labute approximate surface area is 169 Å². The number of fused-ring (bicyclic) bond motifs is 1. The third-order valence-electron chi connectivity index (χ3n) is 4.87. The summed E-state index contributed by atoms with van der Waals surface area (Å²) in [5.41, 5.74) is 2.28. The molecule has 29 heavy (non-hydrogen) atoms. The molecule has 0 amide bonds. The van der Waals surface area contributed by atoms with E-state index in [0.717, 1.165) is 5.56 Å². The minimum Gasteiger partial charge on any atom is -0.496 e. The van der Waals surface area contributed by atoms with Crippen LogP contribution in [0.25, 0.3) is 10.9 Å². The van der Waals surface area contributed by atoms with Gasteiger partial charge >= 0.3 is 0 Å². The van der Waals surface area contributed by atoms with Gasteiger partial charge in [0, 0.05) is 17.1 Å². The molecule has 3 aromatic carbocycles. The van der Waals surface area contributed by atoms with Gasteiger partial charge in [0.25, 0.3) is 10.0 Å². The van der Waals surface area contributed by atoms with E-state index in [-0.39, 0.29) is 10.7 Å². The highest BCUT2D eigenvalue weighted by Crippen LogP contribution is 2.28. The van der Waals surface area contributed by atoms with Crippen molar-refractivity contribution >= 4 is 26.7 Å². The number of para-hydroxylation sites is 1. The quantitative estimate of drug-likeness (QED) is 0.461. The number of ether oxygens (including phenoxy) is 1. The van der Waals surface area contributed by atoms with Gasteiger partial charge in [-0.05, 0) is 43.3 Å². The molecule has 0 saturated heterocycles. The molecule has 0 aliphatic rings. The Morgan fingerprint density at radius 2 is 1.55 bits per heavy atom. The molecule has 1 heterocycles. The lowest BCUT2D eigenvalue weighted by molar-refractivity contribution is 0.103. The van der Waals surface area contributed by atoms with Gasteiger partial charge in [0.15, 0.2) is 5.78 Å². The van der Waals surface area contributed by atoms with Crippen LogP contribution < -0.4 is 4.74 Å². The number of ketones is 1. The number of aryl methyl sites for hydroxylation is 1. The molecule has 0 spiro atoms. The maximum atomic E-state index is 13.2. The number of rotatable bonds is 5. The fourth-order valence-electron chi connectivity index (χ4n) is 3.35. The van der Waals surface area contributed by atoms with Gasteiger partial charge < -0.3 is 4.74 Å². The van der Waals surface area contributed by atoms with Gasteiger partial charge in [-0.25, -0.2) is 12.4 Å². The summed E-state index contributed by atoms with van der Waals surface area (Å²) >= 11 is 0. The molecule has 1 aromatic heterocycles. The molecule has 4 aromatic rings. The van der Waals surface area contributed by atoms with Crippen LogP contribution in [0, 0.1) is 6.92 Å². The van der Waals surface area contributed by atoms with Crippen molar-refractivity contribution < 1.29 is 17.9 Å². The van der Waals surface area contributed by atoms with Crippen LogP contribution in [0.3, 0.4) is 0 Å². The lowest BCUT2D eigenvalue weighted by Crippen LogP contribution is -2.12. The predicted octanol–water partition coefficient (Wildman–Crippen LogP) is 4.43. The van der Waals surface area contributed by atoms with Crippen molar-refractivity contribution in [2.24, 2.45) is 0 Å². The molecule has 0 fully saturated rings. The fourth-order valence-corrected chi connectivity index (χ4v) is 4.70. The van der Waals surface area contributed by atoms with Gasteiger partial charge in [-0.1, -0.05) is 42.0 Å². The average Bonchev–Trinajstić information content (AvgIpc) is 3.18. The van der Waals surface area contributed by atoms with Crippen LogP contribution >= 0.6 is 0 Å². The Hall–Kier alpha value is -3.38. The van der Waals surface area contributed by atoms with Gasteiger partial charge in [0.1, 0.15) is 5.75 Å². The molecule has 6 heteroatoms. The summed E-state index contributed by atoms with van der Waals surface area (Å²) in [5, 5.41) is 0.569. The molecule has 0 bridgehead atoms. The molecule has 4 rings (SSSR count). The Morgan fingerprint density at radius 1 is 0.862 bits per heavy atom. The second kappa shape index (κ2) is 7.22. The highest BCUT2D eigenvalue weighted by Gasteiger charge is 2.22. The van der Waals surface area contributed by atoms with Crippen molar-refractivity contribution in [1.82, 2.24) is 3.97 Å². The van der Waals surface area contributed by atoms with Crippen molar-refractivity contribution in [3.05, 3.63) is 95.7 Å². The molecule has 0 saturated carbocycles. The number of carbonyl (C=O) groups is 1. The van der Waals surface area contributed by atoms with Crippen LogP contribution in [0.2, 0.25) is 0 Å². The van der Waals surface area contributed by atoms with E-state index in [2.05, 4.69) is 0 Å². The zero-order chi connectivity index (χ0) is 20.6. The minimum atomic E-state index is -3.78. The van der Waals surface area contributed by atoms with Gasteiger partial charge in [-0.2, -0.15) is 0 Å². The van der Waals surface area contributed by atoms with Crippen LogP contribution in [0.15, 0.2) is 83.9 Å². The van der Waals surface area contributed by atoms with E-state index in [9.17, 15) is 13.2 Å². The van der Waals surface area contributed by atoms with Gasteiger partial charge in [-0.15, -0.1) is 0 Å². The average molecular weight is 405 g/mol. The molecule has 0 N–H and O–H groups in total. The van der Waals surface area contributed by atoms with Crippen LogP contribution in [0.1, 0.15) is 21.5 Å². The summed E-state index contributed by atoms with van der Waals surface area (Å²) in [6, 6.07) is 20.4. The third kappa shape index (κ3) is 3.21. The van der Waals surface area contributed by atoms with Crippen molar-refractivity contribution in [3.63, 3.8) is 0 Å². The standard InChI is InChI=1S/C23H19NO4S/c1-16-10-12-17(13-11-16)29(26,27)24-15-14-18-19(7-5-8-21(18)24)23(25)20-6-3-4-9-22(20)28-2/h3-15H,1-2H3. The smallest absolute Gasteiger partial charge is 0.268 e. The minimum absolute atomic E-state index is 0.196. The van der Waals surface area contributed by atoms with E-state index in [1.165, 1.54) is 17.3 Å². The van der Waals surface area contributed by atoms with Crippen LogP contribution in [-0.2, 0) is 10.0 Å². The maximum Gasteiger partial charge on any atom is 0.268 e. The fraction of sp³-hybridized carbons (Fsp3) is 0.0870. The lowest BCUT2D eigenvalue weighted by Gasteiger charge is -2.10. The zero-order valence-electron chi connectivity index (χ0n) is 16.0. The molecule has 0 unspecified atom stereocenters. The molecule has 5 nitrogen and oxygen atoms in total. The summed E-state index contributed by atoms with van der Waals surface area (Å²) in [5.74, 6) is 0.250. The second-order valence-corrected chi connectivity index (χ2v) is 8.51. The maximum absolute atomic E-state index is 13.2. The summed E-state index contributed by atoms with van der Waals surface area (Å²) in [6.07, 6.45) is 1.48. The Balaban J connectivity index is 1.86. The predicted molar refractivity (Wildman–Crippen MR) is 112 cm³/mol. The van der Waals surface area contributed by atoms with Crippen LogP contribution in [-0.4, -0.2) is 25.3 Å². The molecule has 146 valence electrons. The van der Waals surface area contributed by atoms with Crippen molar-refractivity contribution in [1.29, 1.82) is 0 Å². The Bertz CT molecular complexity index is 1320. The first-order valence-electron chi connectivity index (χ1n) is 9.03. The number of benzene rings is 3. The van der Waals surface area contributed by atoms with E-state index in [1.54, 1.807) is 72.8 Å². The molecule has 0 radical (unpaired) electrons. The van der Waals surface area contributed by atoms with E-state index in [4.69, 9.17) is 4.74 Å². The summed E-state index contributed by atoms with van der Waals surface area (Å²) in [7, 11) is -2.27. The SMILES string of the molecule is COc1ccccc1C(=O)c1cccc2c1ccn2S(=O)(=O)c1ccc(C)cc1. The summed E-state index contributed by atoms with van der Waals surface area (Å²) in [6.45, 7) is 1.90. The van der Waals surface area contributed by atoms with E-state index in [1.807, 2.05) is 6.92 Å². The number of hydrogen-bond donors (Lipinski definition) is 0. The summed E-state index contributed by atoms with van der Waals surface area (Å²) in [4.78, 5) is 13.4. The van der Waals surface area contributed by atoms with E-state index < -0.39 is 10.0 Å². The van der Waals surface area contributed by atoms with Crippen LogP contribution in [0.4, 0.5) is 0 Å². The number of nitrogens with zero attached hydrogens (tertiary/aromatic N) is 1. The molecule has 0 aliphatic carbocycles. The third-order valence-corrected chi connectivity index (χ3v) is 6.58. The highest BCUT2D eigenvalue weighted by molar-refractivity contribution is 7.90. The zero-order valence-corrected chi connectivity index (χ0v) is 16.8.